The monoisotopic (exact) mass is 412 g/mol. The molecule has 29 heavy (non-hydrogen) atoms. The normalized spacial score (nSPS) is 11.0. The summed E-state index contributed by atoms with van der Waals surface area (Å²) in [5, 5.41) is 5.27. The van der Waals surface area contributed by atoms with Crippen molar-refractivity contribution < 1.29 is 22.4 Å². The fourth-order valence-electron chi connectivity index (χ4n) is 2.66. The van der Waals surface area contributed by atoms with Gasteiger partial charge >= 0.3 is 0 Å². The maximum absolute atomic E-state index is 12.3. The highest BCUT2D eigenvalue weighted by atomic mass is 32.2. The van der Waals surface area contributed by atoms with E-state index >= 15 is 0 Å². The molecule has 0 aliphatic heterocycles. The Morgan fingerprint density at radius 3 is 2.28 bits per heavy atom. The van der Waals surface area contributed by atoms with Crippen LogP contribution in [0.5, 0.6) is 0 Å². The van der Waals surface area contributed by atoms with Crippen molar-refractivity contribution in [3.8, 4) is 0 Å². The first kappa shape index (κ1) is 20.3. The minimum atomic E-state index is -3.65. The molecule has 0 bridgehead atoms. The molecule has 8 heteroatoms. The van der Waals surface area contributed by atoms with Gasteiger partial charge in [0.25, 0.3) is 5.91 Å². The maximum Gasteiger partial charge on any atom is 0.251 e. The minimum absolute atomic E-state index is 0.262. The van der Waals surface area contributed by atoms with E-state index in [9.17, 15) is 18.0 Å². The van der Waals surface area contributed by atoms with Crippen molar-refractivity contribution in [2.45, 2.75) is 12.3 Å². The third-order valence-corrected chi connectivity index (χ3v) is 5.49. The number of para-hydroxylation sites is 1. The van der Waals surface area contributed by atoms with Crippen LogP contribution in [-0.4, -0.2) is 26.0 Å². The number of hydrogen-bond acceptors (Lipinski definition) is 5. The SMILES string of the molecule is O=C(CS(=O)(=O)Cc1ccc(C(=O)NCc2ccco2)cc1)Nc1ccccc1. The molecule has 0 unspecified atom stereocenters. The minimum Gasteiger partial charge on any atom is -0.467 e. The second-order valence-electron chi connectivity index (χ2n) is 6.41. The lowest BCUT2D eigenvalue weighted by molar-refractivity contribution is -0.113. The summed E-state index contributed by atoms with van der Waals surface area (Å²) in [7, 11) is -3.65. The first-order chi connectivity index (χ1) is 13.9. The van der Waals surface area contributed by atoms with Crippen molar-refractivity contribution in [1.82, 2.24) is 5.32 Å². The third kappa shape index (κ3) is 6.32. The highest BCUT2D eigenvalue weighted by Crippen LogP contribution is 2.11. The lowest BCUT2D eigenvalue weighted by atomic mass is 10.1. The van der Waals surface area contributed by atoms with Crippen LogP contribution in [0.2, 0.25) is 0 Å². The number of anilines is 1. The average molecular weight is 412 g/mol. The number of rotatable bonds is 8. The Labute approximate surface area is 168 Å². The summed E-state index contributed by atoms with van der Waals surface area (Å²) >= 11 is 0. The van der Waals surface area contributed by atoms with Crippen LogP contribution in [0.4, 0.5) is 5.69 Å². The second kappa shape index (κ2) is 9.20. The molecular weight excluding hydrogens is 392 g/mol. The van der Waals surface area contributed by atoms with E-state index in [-0.39, 0.29) is 18.2 Å². The molecule has 0 aliphatic carbocycles. The van der Waals surface area contributed by atoms with Crippen LogP contribution in [-0.2, 0) is 26.9 Å². The summed E-state index contributed by atoms with van der Waals surface area (Å²) in [6.07, 6.45) is 1.52. The van der Waals surface area contributed by atoms with Gasteiger partial charge in [0.15, 0.2) is 9.84 Å². The van der Waals surface area contributed by atoms with E-state index in [4.69, 9.17) is 4.42 Å². The van der Waals surface area contributed by atoms with Crippen LogP contribution in [0.15, 0.2) is 77.4 Å². The fraction of sp³-hybridized carbons (Fsp3) is 0.143. The van der Waals surface area contributed by atoms with Crippen LogP contribution in [0.25, 0.3) is 0 Å². The smallest absolute Gasteiger partial charge is 0.251 e. The van der Waals surface area contributed by atoms with Gasteiger partial charge in [-0.1, -0.05) is 30.3 Å². The maximum atomic E-state index is 12.3. The molecule has 2 amide bonds. The molecule has 2 aromatic carbocycles. The molecule has 0 spiro atoms. The molecule has 0 saturated heterocycles. The zero-order valence-electron chi connectivity index (χ0n) is 15.5. The van der Waals surface area contributed by atoms with Gasteiger partial charge in [0.05, 0.1) is 18.6 Å². The highest BCUT2D eigenvalue weighted by Gasteiger charge is 2.18. The standard InChI is InChI=1S/C21H20N2O5S/c24-20(23-18-5-2-1-3-6-18)15-29(26,27)14-16-8-10-17(11-9-16)21(25)22-13-19-7-4-12-28-19/h1-12H,13-15H2,(H,22,25)(H,23,24). The first-order valence-electron chi connectivity index (χ1n) is 8.86. The highest BCUT2D eigenvalue weighted by molar-refractivity contribution is 7.91. The van der Waals surface area contributed by atoms with E-state index in [0.29, 0.717) is 22.6 Å². The number of furan rings is 1. The molecule has 0 aliphatic rings. The molecule has 150 valence electrons. The number of carbonyl (C=O) groups is 2. The van der Waals surface area contributed by atoms with Crippen molar-refractivity contribution in [1.29, 1.82) is 0 Å². The first-order valence-corrected chi connectivity index (χ1v) is 10.7. The Morgan fingerprint density at radius 1 is 0.897 bits per heavy atom. The summed E-state index contributed by atoms with van der Waals surface area (Å²) in [5.74, 6) is -1.16. The third-order valence-electron chi connectivity index (χ3n) is 4.01. The van der Waals surface area contributed by atoms with Crippen molar-refractivity contribution >= 4 is 27.3 Å². The molecule has 0 radical (unpaired) electrons. The Morgan fingerprint density at radius 2 is 1.62 bits per heavy atom. The Balaban J connectivity index is 1.53. The largest absolute Gasteiger partial charge is 0.467 e. The van der Waals surface area contributed by atoms with Gasteiger partial charge < -0.3 is 15.1 Å². The number of nitrogens with one attached hydrogen (secondary N) is 2. The lowest BCUT2D eigenvalue weighted by Crippen LogP contribution is -2.24. The Hall–Kier alpha value is -3.39. The summed E-state index contributed by atoms with van der Waals surface area (Å²) in [6, 6.07) is 18.4. The fourth-order valence-corrected chi connectivity index (χ4v) is 3.93. The zero-order chi connectivity index (χ0) is 20.7. The topological polar surface area (TPSA) is 105 Å². The second-order valence-corrected chi connectivity index (χ2v) is 8.47. The lowest BCUT2D eigenvalue weighted by Gasteiger charge is -2.08. The number of amides is 2. The quantitative estimate of drug-likeness (QED) is 0.592. The van der Waals surface area contributed by atoms with Gasteiger partial charge in [-0.2, -0.15) is 0 Å². The average Bonchev–Trinajstić information content (AvgIpc) is 3.20. The van der Waals surface area contributed by atoms with Gasteiger partial charge in [0.2, 0.25) is 5.91 Å². The summed E-state index contributed by atoms with van der Waals surface area (Å²) in [4.78, 5) is 24.1. The molecule has 2 N–H and O–H groups in total. The summed E-state index contributed by atoms with van der Waals surface area (Å²) < 4.78 is 29.8. The van der Waals surface area contributed by atoms with Gasteiger partial charge in [-0.3, -0.25) is 9.59 Å². The molecule has 3 rings (SSSR count). The van der Waals surface area contributed by atoms with Crippen molar-refractivity contribution in [2.75, 3.05) is 11.1 Å². The Bertz CT molecular complexity index is 1060. The van der Waals surface area contributed by atoms with E-state index in [0.717, 1.165) is 0 Å². The van der Waals surface area contributed by atoms with Gasteiger partial charge in [0.1, 0.15) is 11.5 Å². The van der Waals surface area contributed by atoms with E-state index < -0.39 is 21.5 Å². The van der Waals surface area contributed by atoms with Gasteiger partial charge in [-0.15, -0.1) is 0 Å². The molecule has 3 aromatic rings. The summed E-state index contributed by atoms with van der Waals surface area (Å²) in [6.45, 7) is 0.262. The molecular formula is C21H20N2O5S. The van der Waals surface area contributed by atoms with Crippen molar-refractivity contribution in [3.05, 3.63) is 89.9 Å². The molecule has 0 saturated carbocycles. The number of hydrogen-bond donors (Lipinski definition) is 2. The summed E-state index contributed by atoms with van der Waals surface area (Å²) in [5.41, 5.74) is 1.44. The molecule has 1 aromatic heterocycles. The predicted octanol–water partition coefficient (Wildman–Crippen LogP) is 2.76. The molecule has 1 heterocycles. The molecule has 0 atom stereocenters. The van der Waals surface area contributed by atoms with Crippen LogP contribution in [0, 0.1) is 0 Å². The molecule has 0 fully saturated rings. The van der Waals surface area contributed by atoms with E-state index in [2.05, 4.69) is 10.6 Å². The Kier molecular flexibility index (Phi) is 6.46. The van der Waals surface area contributed by atoms with Crippen molar-refractivity contribution in [3.63, 3.8) is 0 Å². The van der Waals surface area contributed by atoms with Crippen molar-refractivity contribution in [2.24, 2.45) is 0 Å². The van der Waals surface area contributed by atoms with Gasteiger partial charge in [-0.05, 0) is 42.0 Å². The van der Waals surface area contributed by atoms with Crippen LogP contribution < -0.4 is 10.6 Å². The predicted molar refractivity (Wildman–Crippen MR) is 109 cm³/mol. The zero-order valence-corrected chi connectivity index (χ0v) is 16.3. The van der Waals surface area contributed by atoms with Crippen LogP contribution >= 0.6 is 0 Å². The van der Waals surface area contributed by atoms with E-state index in [1.54, 1.807) is 66.7 Å². The van der Waals surface area contributed by atoms with E-state index in [1.165, 1.54) is 6.26 Å². The van der Waals surface area contributed by atoms with Gasteiger partial charge in [-0.25, -0.2) is 8.42 Å². The van der Waals surface area contributed by atoms with E-state index in [1.807, 2.05) is 0 Å². The number of sulfone groups is 1. The number of carbonyl (C=O) groups excluding carboxylic acids is 2. The molecule has 7 nitrogen and oxygen atoms in total. The van der Waals surface area contributed by atoms with Crippen LogP contribution in [0.3, 0.4) is 0 Å². The van der Waals surface area contributed by atoms with Gasteiger partial charge in [0, 0.05) is 11.3 Å². The number of benzene rings is 2. The van der Waals surface area contributed by atoms with Crippen LogP contribution in [0.1, 0.15) is 21.7 Å².